The van der Waals surface area contributed by atoms with E-state index in [1.54, 1.807) is 0 Å². The van der Waals surface area contributed by atoms with Gasteiger partial charge in [0.1, 0.15) is 16.7 Å². The Bertz CT molecular complexity index is 493. The number of carbonyl (C=O) groups is 1. The van der Waals surface area contributed by atoms with Crippen LogP contribution in [0.1, 0.15) is 5.82 Å². The summed E-state index contributed by atoms with van der Waals surface area (Å²) in [6, 6.07) is 3.84. The molecule has 0 spiro atoms. The Kier molecular flexibility index (Phi) is 2.69. The number of rotatable bonds is 2. The number of aldehydes is 1. The van der Waals surface area contributed by atoms with Gasteiger partial charge >= 0.3 is 0 Å². The van der Waals surface area contributed by atoms with Gasteiger partial charge < -0.3 is 9.20 Å². The highest BCUT2D eigenvalue weighted by Gasteiger charge is 2.10. The first-order valence-electron chi connectivity index (χ1n) is 3.98. The maximum absolute atomic E-state index is 10.4. The van der Waals surface area contributed by atoms with Crippen LogP contribution < -0.4 is 0 Å². The van der Waals surface area contributed by atoms with Crippen LogP contribution in [0.2, 0.25) is 0 Å². The monoisotopic (exact) mass is 316 g/mol. The summed E-state index contributed by atoms with van der Waals surface area (Å²) < 4.78 is 3.60. The first kappa shape index (κ1) is 9.86. The number of aromatic nitrogens is 2. The van der Waals surface area contributed by atoms with Crippen molar-refractivity contribution >= 4 is 43.7 Å². The SMILES string of the molecule is O=CCc1nc(Br)c2c(Br)cccn12. The van der Waals surface area contributed by atoms with Gasteiger partial charge in [0, 0.05) is 10.7 Å². The maximum Gasteiger partial charge on any atom is 0.133 e. The highest BCUT2D eigenvalue weighted by atomic mass is 79.9. The molecule has 0 fully saturated rings. The molecular weight excluding hydrogens is 312 g/mol. The van der Waals surface area contributed by atoms with Crippen LogP contribution >= 0.6 is 31.9 Å². The zero-order valence-electron chi connectivity index (χ0n) is 7.08. The number of hydrogen-bond donors (Lipinski definition) is 0. The van der Waals surface area contributed by atoms with Crippen molar-refractivity contribution in [3.8, 4) is 0 Å². The number of pyridine rings is 1. The van der Waals surface area contributed by atoms with Crippen molar-refractivity contribution in [3.63, 3.8) is 0 Å². The summed E-state index contributed by atoms with van der Waals surface area (Å²) >= 11 is 6.79. The summed E-state index contributed by atoms with van der Waals surface area (Å²) in [6.07, 6.45) is 3.06. The summed E-state index contributed by atoms with van der Waals surface area (Å²) in [4.78, 5) is 14.7. The van der Waals surface area contributed by atoms with Crippen molar-refractivity contribution in [1.82, 2.24) is 9.38 Å². The Hall–Kier alpha value is -0.680. The van der Waals surface area contributed by atoms with E-state index in [2.05, 4.69) is 36.8 Å². The van der Waals surface area contributed by atoms with Gasteiger partial charge in [0.15, 0.2) is 0 Å². The van der Waals surface area contributed by atoms with Gasteiger partial charge in [-0.2, -0.15) is 0 Å². The maximum atomic E-state index is 10.4. The average molecular weight is 318 g/mol. The smallest absolute Gasteiger partial charge is 0.133 e. The van der Waals surface area contributed by atoms with E-state index in [4.69, 9.17) is 0 Å². The second-order valence-corrected chi connectivity index (χ2v) is 4.37. The molecule has 0 aliphatic rings. The molecule has 0 amide bonds. The second-order valence-electron chi connectivity index (χ2n) is 2.76. The van der Waals surface area contributed by atoms with E-state index in [1.807, 2.05) is 22.7 Å². The van der Waals surface area contributed by atoms with Crippen molar-refractivity contribution in [3.05, 3.63) is 33.2 Å². The molecule has 2 aromatic heterocycles. The minimum absolute atomic E-state index is 0.323. The molecule has 2 heterocycles. The number of fused-ring (bicyclic) bond motifs is 1. The molecule has 2 aromatic rings. The molecule has 0 unspecified atom stereocenters. The lowest BCUT2D eigenvalue weighted by atomic mass is 10.4. The topological polar surface area (TPSA) is 34.4 Å². The van der Waals surface area contributed by atoms with Crippen LogP contribution in [-0.4, -0.2) is 15.7 Å². The van der Waals surface area contributed by atoms with Crippen LogP contribution in [0.25, 0.3) is 5.52 Å². The number of nitrogens with zero attached hydrogens (tertiary/aromatic N) is 2. The van der Waals surface area contributed by atoms with Crippen LogP contribution in [0.3, 0.4) is 0 Å². The summed E-state index contributed by atoms with van der Waals surface area (Å²) in [7, 11) is 0. The van der Waals surface area contributed by atoms with Crippen LogP contribution in [0.4, 0.5) is 0 Å². The van der Waals surface area contributed by atoms with E-state index in [9.17, 15) is 4.79 Å². The van der Waals surface area contributed by atoms with E-state index in [1.165, 1.54) is 0 Å². The van der Waals surface area contributed by atoms with E-state index < -0.39 is 0 Å². The van der Waals surface area contributed by atoms with Crippen LogP contribution in [0, 0.1) is 0 Å². The van der Waals surface area contributed by atoms with E-state index in [0.717, 1.165) is 26.7 Å². The summed E-state index contributed by atoms with van der Waals surface area (Å²) in [5, 5.41) is 0. The molecule has 0 N–H and O–H groups in total. The summed E-state index contributed by atoms with van der Waals surface area (Å²) in [5.74, 6) is 0.739. The first-order valence-corrected chi connectivity index (χ1v) is 5.57. The third kappa shape index (κ3) is 1.50. The molecule has 0 aromatic carbocycles. The number of halogens is 2. The van der Waals surface area contributed by atoms with Gasteiger partial charge in [-0.15, -0.1) is 0 Å². The lowest BCUT2D eigenvalue weighted by Crippen LogP contribution is -1.94. The second kappa shape index (κ2) is 3.82. The van der Waals surface area contributed by atoms with E-state index in [-0.39, 0.29) is 0 Å². The Morgan fingerprint density at radius 1 is 1.50 bits per heavy atom. The fourth-order valence-electron chi connectivity index (χ4n) is 1.33. The molecule has 0 bridgehead atoms. The minimum atomic E-state index is 0.323. The highest BCUT2D eigenvalue weighted by molar-refractivity contribution is 9.11. The number of carbonyl (C=O) groups excluding carboxylic acids is 1. The van der Waals surface area contributed by atoms with Crippen molar-refractivity contribution < 1.29 is 4.79 Å². The summed E-state index contributed by atoms with van der Waals surface area (Å²) in [6.45, 7) is 0. The first-order chi connectivity index (χ1) is 6.74. The van der Waals surface area contributed by atoms with Crippen molar-refractivity contribution in [2.75, 3.05) is 0 Å². The molecule has 14 heavy (non-hydrogen) atoms. The predicted molar refractivity (Wildman–Crippen MR) is 60.4 cm³/mol. The van der Waals surface area contributed by atoms with Crippen LogP contribution in [0.15, 0.2) is 27.4 Å². The molecule has 0 atom stereocenters. The molecular formula is C9H6Br2N2O. The largest absolute Gasteiger partial charge is 0.303 e. The third-order valence-corrected chi connectivity index (χ3v) is 3.10. The molecule has 5 heteroatoms. The van der Waals surface area contributed by atoms with Crippen LogP contribution in [-0.2, 0) is 11.2 Å². The fraction of sp³-hybridized carbons (Fsp3) is 0.111. The van der Waals surface area contributed by atoms with E-state index >= 15 is 0 Å². The van der Waals surface area contributed by atoms with E-state index in [0.29, 0.717) is 6.42 Å². The van der Waals surface area contributed by atoms with Crippen molar-refractivity contribution in [2.24, 2.45) is 0 Å². The molecule has 0 radical (unpaired) electrons. The van der Waals surface area contributed by atoms with Crippen LogP contribution in [0.5, 0.6) is 0 Å². The van der Waals surface area contributed by atoms with Gasteiger partial charge in [-0.05, 0) is 44.0 Å². The number of imidazole rings is 1. The van der Waals surface area contributed by atoms with Gasteiger partial charge in [-0.3, -0.25) is 0 Å². The van der Waals surface area contributed by atoms with Gasteiger partial charge in [0.25, 0.3) is 0 Å². The van der Waals surface area contributed by atoms with Gasteiger partial charge in [0.05, 0.1) is 11.9 Å². The lowest BCUT2D eigenvalue weighted by Gasteiger charge is -1.98. The average Bonchev–Trinajstić information content (AvgIpc) is 2.46. The molecule has 0 saturated carbocycles. The molecule has 0 aliphatic heterocycles. The molecule has 0 aliphatic carbocycles. The summed E-state index contributed by atoms with van der Waals surface area (Å²) in [5.41, 5.74) is 0.948. The quantitative estimate of drug-likeness (QED) is 0.798. The van der Waals surface area contributed by atoms with Gasteiger partial charge in [0.2, 0.25) is 0 Å². The van der Waals surface area contributed by atoms with Gasteiger partial charge in [-0.25, -0.2) is 4.98 Å². The zero-order chi connectivity index (χ0) is 10.1. The predicted octanol–water partition coefficient (Wildman–Crippen LogP) is 2.60. The Labute approximate surface area is 97.4 Å². The number of hydrogen-bond acceptors (Lipinski definition) is 2. The zero-order valence-corrected chi connectivity index (χ0v) is 10.2. The Morgan fingerprint density at radius 3 is 3.00 bits per heavy atom. The normalized spacial score (nSPS) is 10.7. The van der Waals surface area contributed by atoms with Crippen molar-refractivity contribution in [2.45, 2.75) is 6.42 Å². The standard InChI is InChI=1S/C9H6Br2N2O/c10-6-2-1-4-13-7(3-5-14)12-9(11)8(6)13/h1-2,4-5H,3H2. The fourth-order valence-corrected chi connectivity index (χ4v) is 2.74. The molecule has 2 rings (SSSR count). The minimum Gasteiger partial charge on any atom is -0.303 e. The van der Waals surface area contributed by atoms with Gasteiger partial charge in [-0.1, -0.05) is 0 Å². The van der Waals surface area contributed by atoms with Crippen molar-refractivity contribution in [1.29, 1.82) is 0 Å². The highest BCUT2D eigenvalue weighted by Crippen LogP contribution is 2.26. The molecule has 72 valence electrons. The lowest BCUT2D eigenvalue weighted by molar-refractivity contribution is -0.107. The Morgan fingerprint density at radius 2 is 2.29 bits per heavy atom. The third-order valence-electron chi connectivity index (χ3n) is 1.91. The Balaban J connectivity index is 2.77. The molecule has 0 saturated heterocycles. The molecule has 3 nitrogen and oxygen atoms in total.